The third-order valence-corrected chi connectivity index (χ3v) is 2.42. The number of ether oxygens (including phenoxy) is 2. The number of aryl methyl sites for hydroxylation is 1. The highest BCUT2D eigenvalue weighted by molar-refractivity contribution is 5.46. The normalized spacial score (nSPS) is 10.0. The summed E-state index contributed by atoms with van der Waals surface area (Å²) in [7, 11) is 1.57. The smallest absolute Gasteiger partial charge is 0.172 e. The molecule has 2 aromatic rings. The molecule has 2 rings (SSSR count). The number of phenolic OH excluding ortho intramolecular Hbond substituents is 1. The average molecular weight is 230 g/mol. The van der Waals surface area contributed by atoms with Gasteiger partial charge in [-0.2, -0.15) is 0 Å². The van der Waals surface area contributed by atoms with Gasteiger partial charge in [0.1, 0.15) is 11.5 Å². The van der Waals surface area contributed by atoms with Gasteiger partial charge in [0.05, 0.1) is 7.11 Å². The van der Waals surface area contributed by atoms with Gasteiger partial charge < -0.3 is 14.6 Å². The SMILES string of the molecule is COc1ccc(O)c(Oc2ccc(C)cc2)c1. The van der Waals surface area contributed by atoms with Gasteiger partial charge in [-0.1, -0.05) is 17.7 Å². The second-order valence-corrected chi connectivity index (χ2v) is 3.75. The Kier molecular flexibility index (Phi) is 3.19. The summed E-state index contributed by atoms with van der Waals surface area (Å²) in [4.78, 5) is 0. The third kappa shape index (κ3) is 2.69. The zero-order chi connectivity index (χ0) is 12.3. The lowest BCUT2D eigenvalue weighted by Gasteiger charge is -2.09. The summed E-state index contributed by atoms with van der Waals surface area (Å²) in [5, 5.41) is 9.67. The zero-order valence-electron chi connectivity index (χ0n) is 9.81. The zero-order valence-corrected chi connectivity index (χ0v) is 9.81. The largest absolute Gasteiger partial charge is 0.504 e. The minimum atomic E-state index is 0.0892. The molecule has 0 unspecified atom stereocenters. The number of phenols is 1. The molecule has 0 fully saturated rings. The van der Waals surface area contributed by atoms with Gasteiger partial charge in [0.25, 0.3) is 0 Å². The number of hydrogen-bond acceptors (Lipinski definition) is 3. The molecule has 0 amide bonds. The van der Waals surface area contributed by atoms with Crippen LogP contribution in [-0.4, -0.2) is 12.2 Å². The fraction of sp³-hybridized carbons (Fsp3) is 0.143. The number of methoxy groups -OCH3 is 1. The van der Waals surface area contributed by atoms with Gasteiger partial charge in [-0.25, -0.2) is 0 Å². The van der Waals surface area contributed by atoms with E-state index in [4.69, 9.17) is 9.47 Å². The first-order valence-corrected chi connectivity index (χ1v) is 5.30. The fourth-order valence-corrected chi connectivity index (χ4v) is 1.44. The quantitative estimate of drug-likeness (QED) is 0.877. The van der Waals surface area contributed by atoms with E-state index in [9.17, 15) is 5.11 Å². The lowest BCUT2D eigenvalue weighted by Crippen LogP contribution is -1.87. The van der Waals surface area contributed by atoms with Crippen molar-refractivity contribution >= 4 is 0 Å². The molecule has 0 aromatic heterocycles. The van der Waals surface area contributed by atoms with Crippen molar-refractivity contribution in [3.63, 3.8) is 0 Å². The highest BCUT2D eigenvalue weighted by Crippen LogP contribution is 2.33. The second kappa shape index (κ2) is 4.78. The minimum absolute atomic E-state index is 0.0892. The van der Waals surface area contributed by atoms with Gasteiger partial charge in [0.2, 0.25) is 0 Å². The van der Waals surface area contributed by atoms with E-state index < -0.39 is 0 Å². The van der Waals surface area contributed by atoms with E-state index in [0.717, 1.165) is 5.56 Å². The monoisotopic (exact) mass is 230 g/mol. The molecule has 0 atom stereocenters. The molecule has 0 saturated carbocycles. The number of hydrogen-bond donors (Lipinski definition) is 1. The van der Waals surface area contributed by atoms with Crippen LogP contribution in [0.25, 0.3) is 0 Å². The molecule has 0 aliphatic carbocycles. The van der Waals surface area contributed by atoms with Crippen molar-refractivity contribution in [2.24, 2.45) is 0 Å². The lowest BCUT2D eigenvalue weighted by atomic mass is 10.2. The Balaban J connectivity index is 2.25. The first kappa shape index (κ1) is 11.3. The molecule has 2 aromatic carbocycles. The summed E-state index contributed by atoms with van der Waals surface area (Å²) in [5.74, 6) is 1.80. The van der Waals surface area contributed by atoms with E-state index >= 15 is 0 Å². The molecule has 88 valence electrons. The van der Waals surface area contributed by atoms with Crippen LogP contribution in [0.1, 0.15) is 5.56 Å². The Bertz CT molecular complexity index is 503. The van der Waals surface area contributed by atoms with Crippen LogP contribution in [0.3, 0.4) is 0 Å². The molecule has 0 spiro atoms. The number of aromatic hydroxyl groups is 1. The van der Waals surface area contributed by atoms with Gasteiger partial charge in [-0.3, -0.25) is 0 Å². The van der Waals surface area contributed by atoms with Gasteiger partial charge in [-0.05, 0) is 31.2 Å². The molecular formula is C14H14O3. The Morgan fingerprint density at radius 3 is 2.24 bits per heavy atom. The van der Waals surface area contributed by atoms with E-state index in [1.54, 1.807) is 25.3 Å². The van der Waals surface area contributed by atoms with Gasteiger partial charge >= 0.3 is 0 Å². The Morgan fingerprint density at radius 1 is 0.941 bits per heavy atom. The van der Waals surface area contributed by atoms with Crippen molar-refractivity contribution in [2.75, 3.05) is 7.11 Å². The Labute approximate surface area is 100 Å². The van der Waals surface area contributed by atoms with Crippen molar-refractivity contribution in [3.8, 4) is 23.0 Å². The Morgan fingerprint density at radius 2 is 1.59 bits per heavy atom. The lowest BCUT2D eigenvalue weighted by molar-refractivity contribution is 0.391. The summed E-state index contributed by atoms with van der Waals surface area (Å²) in [6.45, 7) is 2.01. The van der Waals surface area contributed by atoms with Gasteiger partial charge in [0.15, 0.2) is 11.5 Å². The molecule has 17 heavy (non-hydrogen) atoms. The van der Waals surface area contributed by atoms with Crippen molar-refractivity contribution < 1.29 is 14.6 Å². The molecule has 0 aliphatic heterocycles. The van der Waals surface area contributed by atoms with E-state index in [-0.39, 0.29) is 5.75 Å². The molecule has 0 bridgehead atoms. The first-order valence-electron chi connectivity index (χ1n) is 5.30. The van der Waals surface area contributed by atoms with Crippen LogP contribution in [0.2, 0.25) is 0 Å². The summed E-state index contributed by atoms with van der Waals surface area (Å²) in [5.41, 5.74) is 1.16. The molecule has 0 saturated heterocycles. The molecular weight excluding hydrogens is 216 g/mol. The van der Waals surface area contributed by atoms with E-state index in [1.807, 2.05) is 31.2 Å². The summed E-state index contributed by atoms with van der Waals surface area (Å²) >= 11 is 0. The topological polar surface area (TPSA) is 38.7 Å². The van der Waals surface area contributed by atoms with Crippen LogP contribution in [0, 0.1) is 6.92 Å². The highest BCUT2D eigenvalue weighted by atomic mass is 16.5. The maximum atomic E-state index is 9.67. The highest BCUT2D eigenvalue weighted by Gasteiger charge is 2.05. The summed E-state index contributed by atoms with van der Waals surface area (Å²) in [6, 6.07) is 12.5. The predicted molar refractivity (Wildman–Crippen MR) is 65.9 cm³/mol. The van der Waals surface area contributed by atoms with E-state index in [0.29, 0.717) is 17.2 Å². The summed E-state index contributed by atoms with van der Waals surface area (Å²) < 4.78 is 10.7. The van der Waals surface area contributed by atoms with Crippen LogP contribution in [-0.2, 0) is 0 Å². The maximum absolute atomic E-state index is 9.67. The third-order valence-electron chi connectivity index (χ3n) is 2.42. The summed E-state index contributed by atoms with van der Waals surface area (Å²) in [6.07, 6.45) is 0. The van der Waals surface area contributed by atoms with Crippen LogP contribution in [0.15, 0.2) is 42.5 Å². The van der Waals surface area contributed by atoms with Gasteiger partial charge in [-0.15, -0.1) is 0 Å². The van der Waals surface area contributed by atoms with Crippen LogP contribution in [0.4, 0.5) is 0 Å². The number of benzene rings is 2. The van der Waals surface area contributed by atoms with E-state index in [2.05, 4.69) is 0 Å². The van der Waals surface area contributed by atoms with Crippen molar-refractivity contribution in [1.29, 1.82) is 0 Å². The van der Waals surface area contributed by atoms with Crippen LogP contribution in [0.5, 0.6) is 23.0 Å². The molecule has 0 aliphatic rings. The first-order chi connectivity index (χ1) is 8.19. The van der Waals surface area contributed by atoms with Gasteiger partial charge in [0, 0.05) is 6.07 Å². The van der Waals surface area contributed by atoms with Crippen molar-refractivity contribution in [1.82, 2.24) is 0 Å². The van der Waals surface area contributed by atoms with E-state index in [1.165, 1.54) is 0 Å². The molecule has 0 heterocycles. The molecule has 3 heteroatoms. The van der Waals surface area contributed by atoms with Crippen molar-refractivity contribution in [3.05, 3.63) is 48.0 Å². The number of rotatable bonds is 3. The van der Waals surface area contributed by atoms with Crippen molar-refractivity contribution in [2.45, 2.75) is 6.92 Å². The standard InChI is InChI=1S/C14H14O3/c1-10-3-5-11(6-4-10)17-14-9-12(16-2)7-8-13(14)15/h3-9,15H,1-2H3. The molecule has 1 N–H and O–H groups in total. The second-order valence-electron chi connectivity index (χ2n) is 3.75. The fourth-order valence-electron chi connectivity index (χ4n) is 1.44. The predicted octanol–water partition coefficient (Wildman–Crippen LogP) is 3.50. The Hall–Kier alpha value is -2.16. The average Bonchev–Trinajstić information content (AvgIpc) is 2.35. The molecule has 0 radical (unpaired) electrons. The minimum Gasteiger partial charge on any atom is -0.504 e. The van der Waals surface area contributed by atoms with Crippen LogP contribution >= 0.6 is 0 Å². The molecule has 3 nitrogen and oxygen atoms in total. The maximum Gasteiger partial charge on any atom is 0.172 e. The van der Waals surface area contributed by atoms with Crippen LogP contribution < -0.4 is 9.47 Å².